The molecule has 0 radical (unpaired) electrons. The number of anilines is 1. The van der Waals surface area contributed by atoms with E-state index in [4.69, 9.17) is 4.52 Å². The van der Waals surface area contributed by atoms with Gasteiger partial charge in [0.2, 0.25) is 0 Å². The number of hydrogen-bond acceptors (Lipinski definition) is 4. The minimum Gasteiger partial charge on any atom is -0.370 e. The van der Waals surface area contributed by atoms with Crippen LogP contribution in [0.25, 0.3) is 0 Å². The molecule has 2 atom stereocenters. The molecule has 4 heteroatoms. The molecule has 2 fully saturated rings. The lowest BCUT2D eigenvalue weighted by atomic mass is 10.1. The number of benzene rings is 1. The second-order valence-corrected chi connectivity index (χ2v) is 6.70. The van der Waals surface area contributed by atoms with E-state index in [0.29, 0.717) is 17.9 Å². The van der Waals surface area contributed by atoms with Gasteiger partial charge in [-0.25, -0.2) is 0 Å². The number of nitrogens with one attached hydrogen (secondary N) is 1. The van der Waals surface area contributed by atoms with Crippen molar-refractivity contribution in [2.24, 2.45) is 5.92 Å². The van der Waals surface area contributed by atoms with Crippen molar-refractivity contribution in [3.63, 3.8) is 0 Å². The molecule has 1 aromatic heterocycles. The van der Waals surface area contributed by atoms with Crippen molar-refractivity contribution in [2.45, 2.75) is 38.3 Å². The average molecular weight is 297 g/mol. The molecule has 0 unspecified atom stereocenters. The van der Waals surface area contributed by atoms with Gasteiger partial charge in [-0.1, -0.05) is 30.3 Å². The van der Waals surface area contributed by atoms with Crippen LogP contribution in [0.1, 0.15) is 37.1 Å². The maximum Gasteiger partial charge on any atom is 0.140 e. The Morgan fingerprint density at radius 3 is 2.82 bits per heavy atom. The van der Waals surface area contributed by atoms with E-state index in [-0.39, 0.29) is 0 Å². The second kappa shape index (κ2) is 5.76. The van der Waals surface area contributed by atoms with Crippen LogP contribution in [0.15, 0.2) is 40.9 Å². The van der Waals surface area contributed by atoms with Crippen LogP contribution in [0, 0.1) is 5.92 Å². The summed E-state index contributed by atoms with van der Waals surface area (Å²) in [6, 6.07) is 13.3. The van der Waals surface area contributed by atoms with Gasteiger partial charge in [-0.05, 0) is 30.9 Å². The van der Waals surface area contributed by atoms with Gasteiger partial charge in [-0.15, -0.1) is 0 Å². The average Bonchev–Trinajstić information content (AvgIpc) is 3.17. The first-order valence-corrected chi connectivity index (χ1v) is 8.28. The molecule has 4 rings (SSSR count). The van der Waals surface area contributed by atoms with E-state index in [1.54, 1.807) is 0 Å². The van der Waals surface area contributed by atoms with Crippen molar-refractivity contribution >= 4 is 5.69 Å². The van der Waals surface area contributed by atoms with Crippen molar-refractivity contribution in [3.05, 3.63) is 47.9 Å². The summed E-state index contributed by atoms with van der Waals surface area (Å²) < 4.78 is 5.42. The largest absolute Gasteiger partial charge is 0.370 e. The molecule has 2 heterocycles. The number of rotatable bonds is 5. The number of aromatic nitrogens is 1. The molecule has 1 saturated carbocycles. The summed E-state index contributed by atoms with van der Waals surface area (Å²) >= 11 is 0. The molecule has 1 aliphatic carbocycles. The maximum absolute atomic E-state index is 5.42. The third-order valence-corrected chi connectivity index (χ3v) is 4.84. The normalized spacial score (nSPS) is 24.9. The SMILES string of the molecule is C[C@@H]1CN(c2ccccc2)C[C@H]1NCc1cc(C2CC2)on1. The van der Waals surface area contributed by atoms with E-state index < -0.39 is 0 Å². The Morgan fingerprint density at radius 1 is 1.23 bits per heavy atom. The summed E-state index contributed by atoms with van der Waals surface area (Å²) in [5, 5.41) is 7.85. The Balaban J connectivity index is 1.34. The Labute approximate surface area is 131 Å². The first kappa shape index (κ1) is 13.8. The van der Waals surface area contributed by atoms with Crippen molar-refractivity contribution < 1.29 is 4.52 Å². The van der Waals surface area contributed by atoms with Crippen molar-refractivity contribution in [1.82, 2.24) is 10.5 Å². The van der Waals surface area contributed by atoms with Crippen LogP contribution in [-0.2, 0) is 6.54 Å². The summed E-state index contributed by atoms with van der Waals surface area (Å²) in [4.78, 5) is 2.46. The lowest BCUT2D eigenvalue weighted by Gasteiger charge is -2.18. The fourth-order valence-electron chi connectivity index (χ4n) is 3.29. The molecule has 116 valence electrons. The maximum atomic E-state index is 5.42. The van der Waals surface area contributed by atoms with Gasteiger partial charge in [0.15, 0.2) is 0 Å². The molecule has 0 bridgehead atoms. The zero-order chi connectivity index (χ0) is 14.9. The standard InChI is InChI=1S/C18H23N3O/c1-13-11-21(16-5-3-2-4-6-16)12-17(13)19-10-15-9-18(22-20-15)14-7-8-14/h2-6,9,13-14,17,19H,7-8,10-12H2,1H3/t13-,17-/m1/s1. The smallest absolute Gasteiger partial charge is 0.140 e. The quantitative estimate of drug-likeness (QED) is 0.920. The molecule has 2 aromatic rings. The van der Waals surface area contributed by atoms with Crippen LogP contribution in [0.3, 0.4) is 0 Å². The first-order chi connectivity index (χ1) is 10.8. The monoisotopic (exact) mass is 297 g/mol. The summed E-state index contributed by atoms with van der Waals surface area (Å²) in [6.07, 6.45) is 2.52. The second-order valence-electron chi connectivity index (χ2n) is 6.70. The molecule has 1 saturated heterocycles. The molecule has 0 spiro atoms. The third-order valence-electron chi connectivity index (χ3n) is 4.84. The molecule has 1 aliphatic heterocycles. The highest BCUT2D eigenvalue weighted by Crippen LogP contribution is 2.40. The fourth-order valence-corrected chi connectivity index (χ4v) is 3.29. The van der Waals surface area contributed by atoms with Crippen LogP contribution in [0.4, 0.5) is 5.69 Å². The van der Waals surface area contributed by atoms with E-state index in [9.17, 15) is 0 Å². The minimum absolute atomic E-state index is 0.501. The van der Waals surface area contributed by atoms with Crippen molar-refractivity contribution in [3.8, 4) is 0 Å². The lowest BCUT2D eigenvalue weighted by molar-refractivity contribution is 0.371. The topological polar surface area (TPSA) is 41.3 Å². The highest BCUT2D eigenvalue weighted by atomic mass is 16.5. The molecule has 0 amide bonds. The third kappa shape index (κ3) is 2.88. The van der Waals surface area contributed by atoms with E-state index in [2.05, 4.69) is 58.7 Å². The van der Waals surface area contributed by atoms with Gasteiger partial charge < -0.3 is 14.7 Å². The van der Waals surface area contributed by atoms with Crippen LogP contribution in [0.2, 0.25) is 0 Å². The Morgan fingerprint density at radius 2 is 2.05 bits per heavy atom. The van der Waals surface area contributed by atoms with Gasteiger partial charge in [0.25, 0.3) is 0 Å². The van der Waals surface area contributed by atoms with Gasteiger partial charge in [-0.2, -0.15) is 0 Å². The van der Waals surface area contributed by atoms with Gasteiger partial charge >= 0.3 is 0 Å². The zero-order valence-electron chi connectivity index (χ0n) is 13.0. The van der Waals surface area contributed by atoms with Gasteiger partial charge in [0.1, 0.15) is 5.76 Å². The molecule has 1 aromatic carbocycles. The summed E-state index contributed by atoms with van der Waals surface area (Å²) in [7, 11) is 0. The van der Waals surface area contributed by atoms with Crippen molar-refractivity contribution in [2.75, 3.05) is 18.0 Å². The Hall–Kier alpha value is -1.81. The molecular formula is C18H23N3O. The van der Waals surface area contributed by atoms with Crippen LogP contribution in [0.5, 0.6) is 0 Å². The van der Waals surface area contributed by atoms with Crippen LogP contribution in [-0.4, -0.2) is 24.3 Å². The summed E-state index contributed by atoms with van der Waals surface area (Å²) in [5.41, 5.74) is 2.35. The molecular weight excluding hydrogens is 274 g/mol. The van der Waals surface area contributed by atoms with E-state index in [0.717, 1.165) is 31.1 Å². The van der Waals surface area contributed by atoms with Gasteiger partial charge in [-0.3, -0.25) is 0 Å². The summed E-state index contributed by atoms with van der Waals surface area (Å²) in [6.45, 7) is 5.28. The van der Waals surface area contributed by atoms with E-state index in [1.807, 2.05) is 0 Å². The highest BCUT2D eigenvalue weighted by Gasteiger charge is 2.30. The number of para-hydroxylation sites is 1. The number of nitrogens with zero attached hydrogens (tertiary/aromatic N) is 2. The summed E-state index contributed by atoms with van der Waals surface area (Å²) in [5.74, 6) is 2.34. The Bertz CT molecular complexity index is 620. The minimum atomic E-state index is 0.501. The molecule has 22 heavy (non-hydrogen) atoms. The predicted molar refractivity (Wildman–Crippen MR) is 86.9 cm³/mol. The van der Waals surface area contributed by atoms with Gasteiger partial charge in [0.05, 0.1) is 5.69 Å². The fraction of sp³-hybridized carbons (Fsp3) is 0.500. The molecule has 2 aliphatic rings. The first-order valence-electron chi connectivity index (χ1n) is 8.28. The lowest BCUT2D eigenvalue weighted by Crippen LogP contribution is -2.35. The predicted octanol–water partition coefficient (Wildman–Crippen LogP) is 3.17. The zero-order valence-corrected chi connectivity index (χ0v) is 13.0. The highest BCUT2D eigenvalue weighted by molar-refractivity contribution is 5.47. The van der Waals surface area contributed by atoms with Crippen molar-refractivity contribution in [1.29, 1.82) is 0 Å². The molecule has 4 nitrogen and oxygen atoms in total. The van der Waals surface area contributed by atoms with E-state index in [1.165, 1.54) is 18.5 Å². The van der Waals surface area contributed by atoms with Crippen LogP contribution >= 0.6 is 0 Å². The van der Waals surface area contributed by atoms with Crippen LogP contribution < -0.4 is 10.2 Å². The van der Waals surface area contributed by atoms with E-state index >= 15 is 0 Å². The Kier molecular flexibility index (Phi) is 3.62. The number of hydrogen-bond donors (Lipinski definition) is 1. The van der Waals surface area contributed by atoms with Gasteiger partial charge in [0, 0.05) is 43.3 Å². The molecule has 1 N–H and O–H groups in total.